The van der Waals surface area contributed by atoms with Gasteiger partial charge in [-0.3, -0.25) is 9.59 Å². The Balaban J connectivity index is 2.33. The lowest BCUT2D eigenvalue weighted by Crippen LogP contribution is -2.40. The van der Waals surface area contributed by atoms with Gasteiger partial charge in [-0.05, 0) is 24.7 Å². The van der Waals surface area contributed by atoms with Gasteiger partial charge in [0.25, 0.3) is 0 Å². The number of carbonyl (C=O) groups is 2. The minimum Gasteiger partial charge on any atom is -0.481 e. The Hall–Kier alpha value is -1.06. The van der Waals surface area contributed by atoms with E-state index in [1.807, 2.05) is 4.90 Å². The second-order valence-electron chi connectivity index (χ2n) is 6.05. The van der Waals surface area contributed by atoms with Crippen LogP contribution >= 0.6 is 0 Å². The van der Waals surface area contributed by atoms with Crippen molar-refractivity contribution in [3.8, 4) is 0 Å². The lowest BCUT2D eigenvalue weighted by Gasteiger charge is -2.31. The summed E-state index contributed by atoms with van der Waals surface area (Å²) in [6, 6.07) is 0. The van der Waals surface area contributed by atoms with Crippen LogP contribution in [0.1, 0.15) is 46.5 Å². The SMILES string of the molecule is CC(C)(C)CCC(=O)N1CCC(C(=O)O)CC1. The van der Waals surface area contributed by atoms with Crippen molar-refractivity contribution in [3.63, 3.8) is 0 Å². The van der Waals surface area contributed by atoms with Crippen LogP contribution in [0.25, 0.3) is 0 Å². The van der Waals surface area contributed by atoms with Gasteiger partial charge >= 0.3 is 5.97 Å². The van der Waals surface area contributed by atoms with Crippen molar-refractivity contribution >= 4 is 11.9 Å². The zero-order valence-electron chi connectivity index (χ0n) is 11.0. The highest BCUT2D eigenvalue weighted by atomic mass is 16.4. The van der Waals surface area contributed by atoms with Gasteiger partial charge in [0.1, 0.15) is 0 Å². The van der Waals surface area contributed by atoms with Crippen LogP contribution in [0.15, 0.2) is 0 Å². The number of carboxylic acid groups (broad SMARTS) is 1. The van der Waals surface area contributed by atoms with E-state index in [0.29, 0.717) is 32.4 Å². The van der Waals surface area contributed by atoms with Gasteiger partial charge in [0.05, 0.1) is 5.92 Å². The maximum atomic E-state index is 11.9. The number of amides is 1. The first-order valence-electron chi connectivity index (χ1n) is 6.30. The number of aliphatic carboxylic acids is 1. The highest BCUT2D eigenvalue weighted by molar-refractivity contribution is 5.77. The van der Waals surface area contributed by atoms with E-state index in [0.717, 1.165) is 6.42 Å². The van der Waals surface area contributed by atoms with E-state index in [1.165, 1.54) is 0 Å². The summed E-state index contributed by atoms with van der Waals surface area (Å²) in [6.45, 7) is 7.56. The molecule has 17 heavy (non-hydrogen) atoms. The van der Waals surface area contributed by atoms with Crippen molar-refractivity contribution in [3.05, 3.63) is 0 Å². The third-order valence-corrected chi connectivity index (χ3v) is 3.29. The molecule has 1 saturated heterocycles. The quantitative estimate of drug-likeness (QED) is 0.823. The maximum absolute atomic E-state index is 11.9. The molecular formula is C13H23NO3. The molecule has 1 fully saturated rings. The molecule has 0 atom stereocenters. The summed E-state index contributed by atoms with van der Waals surface area (Å²) >= 11 is 0. The highest BCUT2D eigenvalue weighted by Gasteiger charge is 2.27. The number of likely N-dealkylation sites (tertiary alicyclic amines) is 1. The summed E-state index contributed by atoms with van der Waals surface area (Å²) < 4.78 is 0. The van der Waals surface area contributed by atoms with Gasteiger partial charge in [0, 0.05) is 19.5 Å². The van der Waals surface area contributed by atoms with Crippen LogP contribution in [-0.2, 0) is 9.59 Å². The zero-order chi connectivity index (χ0) is 13.1. The van der Waals surface area contributed by atoms with Crippen molar-refractivity contribution in [1.82, 2.24) is 4.90 Å². The van der Waals surface area contributed by atoms with Crippen molar-refractivity contribution in [2.45, 2.75) is 46.5 Å². The molecule has 0 radical (unpaired) electrons. The Labute approximate surface area is 103 Å². The standard InChI is InChI=1S/C13H23NO3/c1-13(2,3)7-4-11(15)14-8-5-10(6-9-14)12(16)17/h10H,4-9H2,1-3H3,(H,16,17). The Morgan fingerprint density at radius 1 is 1.24 bits per heavy atom. The van der Waals surface area contributed by atoms with Gasteiger partial charge in [0.2, 0.25) is 5.91 Å². The smallest absolute Gasteiger partial charge is 0.306 e. The van der Waals surface area contributed by atoms with E-state index in [4.69, 9.17) is 5.11 Å². The number of rotatable bonds is 3. The molecule has 0 spiro atoms. The number of carboxylic acids is 1. The summed E-state index contributed by atoms with van der Waals surface area (Å²) in [5.41, 5.74) is 0.176. The topological polar surface area (TPSA) is 57.6 Å². The van der Waals surface area contributed by atoms with Crippen LogP contribution in [0.3, 0.4) is 0 Å². The molecule has 98 valence electrons. The molecule has 0 bridgehead atoms. The Morgan fingerprint density at radius 2 is 1.76 bits per heavy atom. The summed E-state index contributed by atoms with van der Waals surface area (Å²) in [7, 11) is 0. The molecule has 0 aromatic carbocycles. The van der Waals surface area contributed by atoms with Crippen LogP contribution in [0.5, 0.6) is 0 Å². The second kappa shape index (κ2) is 5.52. The van der Waals surface area contributed by atoms with Gasteiger partial charge in [-0.15, -0.1) is 0 Å². The largest absolute Gasteiger partial charge is 0.481 e. The molecular weight excluding hydrogens is 218 g/mol. The van der Waals surface area contributed by atoms with E-state index < -0.39 is 5.97 Å². The first-order chi connectivity index (χ1) is 7.79. The lowest BCUT2D eigenvalue weighted by atomic mass is 9.90. The Bertz CT molecular complexity index is 286. The normalized spacial score (nSPS) is 18.2. The molecule has 1 amide bonds. The fourth-order valence-corrected chi connectivity index (χ4v) is 2.02. The van der Waals surface area contributed by atoms with E-state index >= 15 is 0 Å². The number of carbonyl (C=O) groups excluding carboxylic acids is 1. The zero-order valence-corrected chi connectivity index (χ0v) is 11.0. The fourth-order valence-electron chi connectivity index (χ4n) is 2.02. The van der Waals surface area contributed by atoms with Crippen LogP contribution in [0, 0.1) is 11.3 Å². The fraction of sp³-hybridized carbons (Fsp3) is 0.846. The number of nitrogens with zero attached hydrogens (tertiary/aromatic N) is 1. The molecule has 0 unspecified atom stereocenters. The molecule has 0 aliphatic carbocycles. The third kappa shape index (κ3) is 4.75. The predicted molar refractivity (Wildman–Crippen MR) is 65.6 cm³/mol. The lowest BCUT2D eigenvalue weighted by molar-refractivity contribution is -0.145. The molecule has 4 heteroatoms. The van der Waals surface area contributed by atoms with Gasteiger partial charge in [-0.2, -0.15) is 0 Å². The maximum Gasteiger partial charge on any atom is 0.306 e. The van der Waals surface area contributed by atoms with Gasteiger partial charge in [-0.25, -0.2) is 0 Å². The van der Waals surface area contributed by atoms with Gasteiger partial charge in [-0.1, -0.05) is 20.8 Å². The molecule has 0 aromatic heterocycles. The molecule has 1 rings (SSSR count). The second-order valence-corrected chi connectivity index (χ2v) is 6.05. The van der Waals surface area contributed by atoms with Crippen LogP contribution in [-0.4, -0.2) is 35.0 Å². The van der Waals surface area contributed by atoms with Crippen molar-refractivity contribution < 1.29 is 14.7 Å². The molecule has 0 aromatic rings. The first kappa shape index (κ1) is 14.0. The van der Waals surface area contributed by atoms with Gasteiger partial charge in [0.15, 0.2) is 0 Å². The van der Waals surface area contributed by atoms with E-state index in [1.54, 1.807) is 0 Å². The monoisotopic (exact) mass is 241 g/mol. The average molecular weight is 241 g/mol. The van der Waals surface area contributed by atoms with Crippen molar-refractivity contribution in [1.29, 1.82) is 0 Å². The minimum atomic E-state index is -0.730. The highest BCUT2D eigenvalue weighted by Crippen LogP contribution is 2.23. The average Bonchev–Trinajstić information content (AvgIpc) is 2.25. The van der Waals surface area contributed by atoms with E-state index in [9.17, 15) is 9.59 Å². The van der Waals surface area contributed by atoms with Crippen molar-refractivity contribution in [2.24, 2.45) is 11.3 Å². The predicted octanol–water partition coefficient (Wildman–Crippen LogP) is 2.14. The molecule has 1 N–H and O–H groups in total. The number of hydrogen-bond donors (Lipinski definition) is 1. The molecule has 1 heterocycles. The molecule has 0 saturated carbocycles. The summed E-state index contributed by atoms with van der Waals surface area (Å²) in [4.78, 5) is 24.5. The Morgan fingerprint density at radius 3 is 2.18 bits per heavy atom. The van der Waals surface area contributed by atoms with E-state index in [-0.39, 0.29) is 17.2 Å². The van der Waals surface area contributed by atoms with Crippen LogP contribution in [0.4, 0.5) is 0 Å². The Kier molecular flexibility index (Phi) is 4.54. The minimum absolute atomic E-state index is 0.170. The molecule has 1 aliphatic heterocycles. The summed E-state index contributed by atoms with van der Waals surface area (Å²) in [5, 5.41) is 8.87. The first-order valence-corrected chi connectivity index (χ1v) is 6.30. The van der Waals surface area contributed by atoms with E-state index in [2.05, 4.69) is 20.8 Å². The number of piperidine rings is 1. The molecule has 4 nitrogen and oxygen atoms in total. The van der Waals surface area contributed by atoms with Crippen LogP contribution in [0.2, 0.25) is 0 Å². The third-order valence-electron chi connectivity index (χ3n) is 3.29. The summed E-state index contributed by atoms with van der Waals surface area (Å²) in [5.74, 6) is -0.822. The number of hydrogen-bond acceptors (Lipinski definition) is 2. The van der Waals surface area contributed by atoms with Gasteiger partial charge < -0.3 is 10.0 Å². The van der Waals surface area contributed by atoms with Crippen LogP contribution < -0.4 is 0 Å². The molecule has 1 aliphatic rings. The van der Waals surface area contributed by atoms with Crippen molar-refractivity contribution in [2.75, 3.05) is 13.1 Å². The summed E-state index contributed by atoms with van der Waals surface area (Å²) in [6.07, 6.45) is 2.64.